The molecule has 2 aromatic rings. The van der Waals surface area contributed by atoms with E-state index in [4.69, 9.17) is 15.5 Å². The van der Waals surface area contributed by atoms with E-state index < -0.39 is 13.5 Å². The molecular formula is C12H13N2O4P. The molecule has 1 amide bonds. The summed E-state index contributed by atoms with van der Waals surface area (Å²) in [5.74, 6) is -0.627. The molecule has 0 saturated carbocycles. The maximum absolute atomic E-state index is 11.3. The molecule has 0 aliphatic carbocycles. The zero-order chi connectivity index (χ0) is 14.0. The van der Waals surface area contributed by atoms with Crippen molar-refractivity contribution in [2.75, 3.05) is 6.16 Å². The summed E-state index contributed by atoms with van der Waals surface area (Å²) in [7, 11) is -4.03. The molecule has 6 nitrogen and oxygen atoms in total. The number of hydrogen-bond donors (Lipinski definition) is 3. The third-order valence-corrected chi connectivity index (χ3v) is 3.56. The highest BCUT2D eigenvalue weighted by Crippen LogP contribution is 2.35. The zero-order valence-electron chi connectivity index (χ0n) is 9.98. The van der Waals surface area contributed by atoms with Gasteiger partial charge in [0, 0.05) is 11.6 Å². The fraction of sp³-hybridized carbons (Fsp3) is 0.167. The van der Waals surface area contributed by atoms with Gasteiger partial charge in [-0.05, 0) is 29.5 Å². The maximum atomic E-state index is 11.3. The molecule has 4 N–H and O–H groups in total. The quantitative estimate of drug-likeness (QED) is 0.724. The Kier molecular flexibility index (Phi) is 3.66. The Morgan fingerprint density at radius 1 is 1.32 bits per heavy atom. The van der Waals surface area contributed by atoms with E-state index in [9.17, 15) is 9.36 Å². The lowest BCUT2D eigenvalue weighted by molar-refractivity contribution is 0.0997. The first-order valence-electron chi connectivity index (χ1n) is 5.59. The minimum absolute atomic E-state index is 0.163. The fourth-order valence-corrected chi connectivity index (χ4v) is 2.39. The van der Waals surface area contributed by atoms with Gasteiger partial charge >= 0.3 is 7.60 Å². The molecule has 0 bridgehead atoms. The predicted molar refractivity (Wildman–Crippen MR) is 70.9 cm³/mol. The van der Waals surface area contributed by atoms with Crippen LogP contribution in [0.1, 0.15) is 16.1 Å². The topological polar surface area (TPSA) is 114 Å². The van der Waals surface area contributed by atoms with E-state index in [-0.39, 0.29) is 18.3 Å². The Balaban J connectivity index is 2.41. The number of benzene rings is 1. The molecule has 1 heterocycles. The molecular weight excluding hydrogens is 267 g/mol. The number of aromatic nitrogens is 1. The Bertz CT molecular complexity index is 680. The molecule has 7 heteroatoms. The smallest absolute Gasteiger partial charge is 0.325 e. The second kappa shape index (κ2) is 5.09. The molecule has 0 aliphatic heterocycles. The average molecular weight is 280 g/mol. The lowest BCUT2D eigenvalue weighted by Crippen LogP contribution is -2.13. The third-order valence-electron chi connectivity index (χ3n) is 2.76. The largest absolute Gasteiger partial charge is 0.364 e. The molecule has 0 saturated heterocycles. The standard InChI is InChI=1S/C12H13N2O4P/c13-12(15)11-10-7-8(4-6-19(16,17)18)1-2-9(10)3-5-14-11/h1-3,5,7H,4,6H2,(H2,13,15)(H2,16,17,18). The summed E-state index contributed by atoms with van der Waals surface area (Å²) in [5.41, 5.74) is 6.14. The Morgan fingerprint density at radius 3 is 2.68 bits per heavy atom. The number of aryl methyl sites for hydroxylation is 1. The molecule has 0 radical (unpaired) electrons. The van der Waals surface area contributed by atoms with Crippen molar-refractivity contribution in [1.82, 2.24) is 4.98 Å². The Labute approximate surface area is 109 Å². The van der Waals surface area contributed by atoms with Gasteiger partial charge in [-0.2, -0.15) is 0 Å². The van der Waals surface area contributed by atoms with Gasteiger partial charge in [0.25, 0.3) is 5.91 Å². The van der Waals surface area contributed by atoms with Crippen molar-refractivity contribution in [2.45, 2.75) is 6.42 Å². The molecule has 2 rings (SSSR count). The molecule has 0 fully saturated rings. The Morgan fingerprint density at radius 2 is 2.05 bits per heavy atom. The lowest BCUT2D eigenvalue weighted by Gasteiger charge is -2.07. The number of pyridine rings is 1. The van der Waals surface area contributed by atoms with Crippen molar-refractivity contribution < 1.29 is 19.1 Å². The molecule has 1 aromatic carbocycles. The van der Waals surface area contributed by atoms with E-state index in [1.165, 1.54) is 6.20 Å². The molecule has 0 atom stereocenters. The Hall–Kier alpha value is -1.75. The number of hydrogen-bond acceptors (Lipinski definition) is 3. The number of amides is 1. The van der Waals surface area contributed by atoms with Gasteiger partial charge in [0.2, 0.25) is 0 Å². The van der Waals surface area contributed by atoms with Crippen LogP contribution in [0.3, 0.4) is 0 Å². The van der Waals surface area contributed by atoms with E-state index >= 15 is 0 Å². The normalized spacial score (nSPS) is 11.7. The third kappa shape index (κ3) is 3.38. The van der Waals surface area contributed by atoms with Gasteiger partial charge in [-0.3, -0.25) is 14.3 Å². The van der Waals surface area contributed by atoms with Crippen molar-refractivity contribution in [3.8, 4) is 0 Å². The highest BCUT2D eigenvalue weighted by atomic mass is 31.2. The van der Waals surface area contributed by atoms with Crippen LogP contribution in [-0.4, -0.2) is 26.8 Å². The van der Waals surface area contributed by atoms with Gasteiger partial charge in [-0.25, -0.2) is 0 Å². The van der Waals surface area contributed by atoms with E-state index in [0.717, 1.165) is 10.9 Å². The lowest BCUT2D eigenvalue weighted by atomic mass is 10.0. The van der Waals surface area contributed by atoms with Crippen molar-refractivity contribution in [1.29, 1.82) is 0 Å². The summed E-state index contributed by atoms with van der Waals surface area (Å²) >= 11 is 0. The first kappa shape index (κ1) is 13.7. The van der Waals surface area contributed by atoms with E-state index in [1.807, 2.05) is 0 Å². The van der Waals surface area contributed by atoms with Crippen LogP contribution >= 0.6 is 7.60 Å². The maximum Gasteiger partial charge on any atom is 0.325 e. The number of primary amides is 1. The summed E-state index contributed by atoms with van der Waals surface area (Å²) in [5, 5.41) is 1.40. The minimum atomic E-state index is -4.03. The molecule has 0 spiro atoms. The van der Waals surface area contributed by atoms with Crippen LogP contribution in [0.5, 0.6) is 0 Å². The van der Waals surface area contributed by atoms with E-state index in [1.54, 1.807) is 24.3 Å². The highest BCUT2D eigenvalue weighted by molar-refractivity contribution is 7.51. The average Bonchev–Trinajstić information content (AvgIpc) is 2.34. The van der Waals surface area contributed by atoms with Crippen molar-refractivity contribution in [2.24, 2.45) is 5.73 Å². The molecule has 0 unspecified atom stereocenters. The first-order chi connectivity index (χ1) is 8.87. The van der Waals surface area contributed by atoms with Crippen LogP contribution in [0, 0.1) is 0 Å². The van der Waals surface area contributed by atoms with Gasteiger partial charge in [0.15, 0.2) is 0 Å². The monoisotopic (exact) mass is 280 g/mol. The first-order valence-corrected chi connectivity index (χ1v) is 7.38. The summed E-state index contributed by atoms with van der Waals surface area (Å²) < 4.78 is 10.9. The number of fused-ring (bicyclic) bond motifs is 1. The van der Waals surface area contributed by atoms with Gasteiger partial charge < -0.3 is 15.5 Å². The second-order valence-electron chi connectivity index (χ2n) is 4.22. The van der Waals surface area contributed by atoms with Crippen molar-refractivity contribution in [3.63, 3.8) is 0 Å². The number of rotatable bonds is 4. The minimum Gasteiger partial charge on any atom is -0.364 e. The van der Waals surface area contributed by atoms with Gasteiger partial charge in [0.05, 0.1) is 6.16 Å². The summed E-state index contributed by atoms with van der Waals surface area (Å²) in [6, 6.07) is 6.98. The molecule has 100 valence electrons. The second-order valence-corrected chi connectivity index (χ2v) is 5.99. The van der Waals surface area contributed by atoms with E-state index in [0.29, 0.717) is 5.39 Å². The predicted octanol–water partition coefficient (Wildman–Crippen LogP) is 1.05. The molecule has 19 heavy (non-hydrogen) atoms. The number of carbonyl (C=O) groups is 1. The summed E-state index contributed by atoms with van der Waals surface area (Å²) in [6.07, 6.45) is 1.50. The number of nitrogens with zero attached hydrogens (tertiary/aromatic N) is 1. The van der Waals surface area contributed by atoms with Gasteiger partial charge in [0.1, 0.15) is 5.69 Å². The fourth-order valence-electron chi connectivity index (χ4n) is 1.84. The highest BCUT2D eigenvalue weighted by Gasteiger charge is 2.13. The van der Waals surface area contributed by atoms with Crippen molar-refractivity contribution in [3.05, 3.63) is 41.7 Å². The van der Waals surface area contributed by atoms with Crippen LogP contribution in [0.4, 0.5) is 0 Å². The SMILES string of the molecule is NC(=O)c1nccc2ccc(CCP(=O)(O)O)cc12. The molecule has 1 aromatic heterocycles. The van der Waals surface area contributed by atoms with Crippen LogP contribution in [0.2, 0.25) is 0 Å². The van der Waals surface area contributed by atoms with Gasteiger partial charge in [-0.1, -0.05) is 12.1 Å². The zero-order valence-corrected chi connectivity index (χ0v) is 10.9. The summed E-state index contributed by atoms with van der Waals surface area (Å²) in [6.45, 7) is 0. The number of carbonyl (C=O) groups excluding carboxylic acids is 1. The number of nitrogens with two attached hydrogens (primary N) is 1. The van der Waals surface area contributed by atoms with Crippen molar-refractivity contribution >= 4 is 24.3 Å². The van der Waals surface area contributed by atoms with Gasteiger partial charge in [-0.15, -0.1) is 0 Å². The van der Waals surface area contributed by atoms with Crippen LogP contribution in [-0.2, 0) is 11.0 Å². The van der Waals surface area contributed by atoms with E-state index in [2.05, 4.69) is 4.98 Å². The summed E-state index contributed by atoms with van der Waals surface area (Å²) in [4.78, 5) is 32.9. The molecule has 0 aliphatic rings. The van der Waals surface area contributed by atoms with Crippen LogP contribution in [0.25, 0.3) is 10.8 Å². The van der Waals surface area contributed by atoms with Crippen LogP contribution < -0.4 is 5.73 Å². The van der Waals surface area contributed by atoms with Crippen LogP contribution in [0.15, 0.2) is 30.5 Å².